The fourth-order valence-corrected chi connectivity index (χ4v) is 7.49. The van der Waals surface area contributed by atoms with Crippen LogP contribution >= 0.6 is 12.6 Å². The van der Waals surface area contributed by atoms with Gasteiger partial charge in [-0.15, -0.1) is 0 Å². The standard InChI is InChI=1S/C49H81N11O19S/c1-9-21(3)34(56-45(74)35(22(4)10-2)57-47(76)38(26(8)67)60-48(77)37(25(7)66)59-42(71)32(20-80)55-43(72)33(50)23(5)64)44(73)54-30(18-62)40(69)52-29(17-61)39(68)53-31(19-63)41(70)58-36(24(6)65)46(75)51-28(49(78)79)16-27-14-12-11-13-15-27/h11-15,21-26,28-38,61-67,80H,9-10,16-20,50H2,1-8H3,(H,51,75)(H,52,69)(H,53,68)(H,54,73)(H,55,72)(H,56,74)(H,57,76)(H,58,70)(H,59,71)(H,60,77)(H,78,79)/t21-,22-,23+,24+,25+,26+,28-,29-,30-,31-,32-,33-,34-,35-,36-,37-,38-/m0/s1. The largest absolute Gasteiger partial charge is 0.480 e. The maximum absolute atomic E-state index is 14.1. The van der Waals surface area contributed by atoms with Gasteiger partial charge in [0.1, 0.15) is 66.5 Å². The molecule has 0 aromatic heterocycles. The molecule has 0 aliphatic rings. The number of aliphatic hydroxyl groups is 7. The summed E-state index contributed by atoms with van der Waals surface area (Å²) in [5.74, 6) is -14.5. The Bertz CT molecular complexity index is 2250. The van der Waals surface area contributed by atoms with Gasteiger partial charge in [-0.3, -0.25) is 47.9 Å². The molecule has 0 spiro atoms. The Morgan fingerprint density at radius 2 is 0.713 bits per heavy atom. The van der Waals surface area contributed by atoms with Gasteiger partial charge in [0.15, 0.2) is 0 Å². The summed E-state index contributed by atoms with van der Waals surface area (Å²) in [7, 11) is 0. The fourth-order valence-electron chi connectivity index (χ4n) is 7.24. The van der Waals surface area contributed by atoms with Gasteiger partial charge in [-0.2, -0.15) is 12.6 Å². The molecule has 0 radical (unpaired) electrons. The molecule has 17 atom stereocenters. The third kappa shape index (κ3) is 22.5. The summed E-state index contributed by atoms with van der Waals surface area (Å²) in [5.41, 5.74) is 6.17. The average molecular weight is 1160 g/mol. The van der Waals surface area contributed by atoms with Crippen LogP contribution in [0.25, 0.3) is 0 Å². The second kappa shape index (κ2) is 35.2. The van der Waals surface area contributed by atoms with Crippen molar-refractivity contribution in [2.24, 2.45) is 17.6 Å². The summed E-state index contributed by atoms with van der Waals surface area (Å²) < 4.78 is 0. The van der Waals surface area contributed by atoms with Crippen LogP contribution in [0.4, 0.5) is 0 Å². The van der Waals surface area contributed by atoms with Gasteiger partial charge < -0.3 is 99.8 Å². The molecule has 30 nitrogen and oxygen atoms in total. The maximum atomic E-state index is 14.1. The second-order valence-electron chi connectivity index (χ2n) is 19.3. The van der Waals surface area contributed by atoms with Gasteiger partial charge in [-0.1, -0.05) is 70.9 Å². The van der Waals surface area contributed by atoms with Crippen LogP contribution in [0.3, 0.4) is 0 Å². The van der Waals surface area contributed by atoms with Crippen molar-refractivity contribution in [1.29, 1.82) is 0 Å². The van der Waals surface area contributed by atoms with Crippen LogP contribution in [0.15, 0.2) is 30.3 Å². The van der Waals surface area contributed by atoms with Gasteiger partial charge in [-0.05, 0) is 45.1 Å². The van der Waals surface area contributed by atoms with Crippen LogP contribution < -0.4 is 58.9 Å². The van der Waals surface area contributed by atoms with Crippen LogP contribution in [-0.4, -0.2) is 222 Å². The van der Waals surface area contributed by atoms with Gasteiger partial charge in [-0.25, -0.2) is 4.79 Å². The van der Waals surface area contributed by atoms with Gasteiger partial charge in [0.2, 0.25) is 59.1 Å². The molecule has 0 saturated heterocycles. The first-order valence-corrected chi connectivity index (χ1v) is 26.3. The number of carbonyl (C=O) groups excluding carboxylic acids is 10. The highest BCUT2D eigenvalue weighted by Crippen LogP contribution is 2.14. The van der Waals surface area contributed by atoms with Crippen molar-refractivity contribution in [1.82, 2.24) is 53.2 Å². The molecule has 0 heterocycles. The van der Waals surface area contributed by atoms with Crippen molar-refractivity contribution in [3.05, 3.63) is 35.9 Å². The normalized spacial score (nSPS) is 17.7. The Hall–Kier alpha value is -6.58. The third-order valence-electron chi connectivity index (χ3n) is 12.8. The average Bonchev–Trinajstić information content (AvgIpc) is 3.41. The molecule has 20 N–H and O–H groups in total. The summed E-state index contributed by atoms with van der Waals surface area (Å²) >= 11 is 4.03. The van der Waals surface area contributed by atoms with Crippen molar-refractivity contribution in [3.8, 4) is 0 Å². The zero-order valence-corrected chi connectivity index (χ0v) is 46.6. The van der Waals surface area contributed by atoms with E-state index >= 15 is 0 Å². The van der Waals surface area contributed by atoms with Crippen molar-refractivity contribution in [3.63, 3.8) is 0 Å². The fraction of sp³-hybridized carbons (Fsp3) is 0.653. The molecule has 1 aromatic rings. The predicted molar refractivity (Wildman–Crippen MR) is 286 cm³/mol. The molecular formula is C49H81N11O19S. The van der Waals surface area contributed by atoms with Crippen molar-refractivity contribution in [2.75, 3.05) is 25.6 Å². The predicted octanol–water partition coefficient (Wildman–Crippen LogP) is -7.99. The highest BCUT2D eigenvalue weighted by Gasteiger charge is 2.39. The van der Waals surface area contributed by atoms with E-state index in [-0.39, 0.29) is 25.0 Å². The number of carboxylic acid groups (broad SMARTS) is 1. The van der Waals surface area contributed by atoms with Crippen LogP contribution in [-0.2, 0) is 59.2 Å². The van der Waals surface area contributed by atoms with Crippen LogP contribution in [0.1, 0.15) is 73.8 Å². The number of nitrogens with one attached hydrogen (secondary N) is 10. The Morgan fingerprint density at radius 1 is 0.425 bits per heavy atom. The maximum Gasteiger partial charge on any atom is 0.326 e. The number of hydrogen-bond acceptors (Lipinski definition) is 20. The number of benzene rings is 1. The Kier molecular flexibility index (Phi) is 31.4. The summed E-state index contributed by atoms with van der Waals surface area (Å²) in [4.78, 5) is 146. The van der Waals surface area contributed by atoms with E-state index in [0.29, 0.717) is 5.56 Å². The van der Waals surface area contributed by atoms with E-state index in [2.05, 4.69) is 65.8 Å². The highest BCUT2D eigenvalue weighted by molar-refractivity contribution is 7.80. The number of nitrogens with two attached hydrogens (primary N) is 1. The van der Waals surface area contributed by atoms with Crippen molar-refractivity contribution >= 4 is 77.7 Å². The lowest BCUT2D eigenvalue weighted by Crippen LogP contribution is -2.64. The number of thiol groups is 1. The topological polar surface area (TPSA) is 496 Å². The van der Waals surface area contributed by atoms with Gasteiger partial charge >= 0.3 is 5.97 Å². The number of carboxylic acids is 1. The molecule has 31 heteroatoms. The Balaban J connectivity index is 3.23. The van der Waals surface area contributed by atoms with E-state index in [4.69, 9.17) is 5.73 Å². The first-order chi connectivity index (χ1) is 37.4. The number of hydrogen-bond donors (Lipinski definition) is 20. The molecule has 0 aliphatic carbocycles. The molecule has 1 rings (SSSR count). The van der Waals surface area contributed by atoms with E-state index in [9.17, 15) is 93.6 Å². The zero-order chi connectivity index (χ0) is 61.3. The molecule has 0 saturated carbocycles. The zero-order valence-electron chi connectivity index (χ0n) is 45.7. The smallest absolute Gasteiger partial charge is 0.326 e. The van der Waals surface area contributed by atoms with Crippen LogP contribution in [0, 0.1) is 11.8 Å². The molecule has 1 aromatic carbocycles. The quantitative estimate of drug-likeness (QED) is 0.0281. The van der Waals surface area contributed by atoms with E-state index < -0.39 is 188 Å². The minimum atomic E-state index is -1.93. The van der Waals surface area contributed by atoms with E-state index in [0.717, 1.165) is 20.8 Å². The Morgan fingerprint density at radius 3 is 1.05 bits per heavy atom. The van der Waals surface area contributed by atoms with Crippen molar-refractivity contribution in [2.45, 2.75) is 166 Å². The minimum absolute atomic E-state index is 0.170. The van der Waals surface area contributed by atoms with Gasteiger partial charge in [0.25, 0.3) is 0 Å². The molecule has 0 fully saturated rings. The number of rotatable bonds is 35. The molecule has 0 aliphatic heterocycles. The Labute approximate surface area is 467 Å². The van der Waals surface area contributed by atoms with Crippen LogP contribution in [0.2, 0.25) is 0 Å². The van der Waals surface area contributed by atoms with Crippen LogP contribution in [0.5, 0.6) is 0 Å². The first-order valence-electron chi connectivity index (χ1n) is 25.7. The summed E-state index contributed by atoms with van der Waals surface area (Å²) in [6, 6.07) is -10.3. The van der Waals surface area contributed by atoms with E-state index in [1.54, 1.807) is 51.1 Å². The summed E-state index contributed by atoms with van der Waals surface area (Å²) in [6.07, 6.45) is -5.98. The summed E-state index contributed by atoms with van der Waals surface area (Å²) in [5, 5.41) is 104. The number of aliphatic hydroxyl groups excluding tert-OH is 7. The second-order valence-corrected chi connectivity index (χ2v) is 19.6. The molecule has 452 valence electrons. The summed E-state index contributed by atoms with van der Waals surface area (Å²) in [6.45, 7) is 7.53. The SMILES string of the molecule is CC[C@H](C)[C@H](NC(=O)[C@@H](NC(=O)[C@@H](NC(=O)[C@H](CS)NC(=O)[C@@H](N)[C@@H](C)O)[C@@H](C)O)[C@@H](C)O)C(=O)N[C@H](C(=O)N[C@@H](CO)C(=O)N[C@@H](CO)C(=O)N[C@@H](CO)C(=O)N[C@H](C(=O)N[C@@H](Cc1ccccc1)C(=O)O)[C@@H](C)O)[C@@H](C)CC. The van der Waals surface area contributed by atoms with Gasteiger partial charge in [0, 0.05) is 12.2 Å². The molecule has 10 amide bonds. The molecule has 80 heavy (non-hydrogen) atoms. The van der Waals surface area contributed by atoms with E-state index in [1.807, 2.05) is 0 Å². The lowest BCUT2D eigenvalue weighted by molar-refractivity contribution is -0.143. The van der Waals surface area contributed by atoms with Crippen molar-refractivity contribution < 1.29 is 93.6 Å². The third-order valence-corrected chi connectivity index (χ3v) is 13.1. The lowest BCUT2D eigenvalue weighted by atomic mass is 9.94. The van der Waals surface area contributed by atoms with Gasteiger partial charge in [0.05, 0.1) is 44.2 Å². The lowest BCUT2D eigenvalue weighted by Gasteiger charge is -2.31. The minimum Gasteiger partial charge on any atom is -0.480 e. The first kappa shape index (κ1) is 71.4. The number of aliphatic carboxylic acids is 1. The molecule has 0 bridgehead atoms. The van der Waals surface area contributed by atoms with E-state index in [1.165, 1.54) is 13.8 Å². The number of amides is 10. The monoisotopic (exact) mass is 1160 g/mol. The number of carbonyl (C=O) groups is 11. The molecule has 0 unspecified atom stereocenters. The highest BCUT2D eigenvalue weighted by atomic mass is 32.1. The molecular weight excluding hydrogens is 1080 g/mol.